The van der Waals surface area contributed by atoms with E-state index in [1.807, 2.05) is 47.4 Å². The van der Waals surface area contributed by atoms with Crippen molar-refractivity contribution in [3.63, 3.8) is 0 Å². The molecule has 196 valence electrons. The largest absolute Gasteiger partial charge is 0.492 e. The zero-order chi connectivity index (χ0) is 26.1. The monoisotopic (exact) mass is 512 g/mol. The fourth-order valence-electron chi connectivity index (χ4n) is 6.20. The summed E-state index contributed by atoms with van der Waals surface area (Å²) in [6.45, 7) is 5.07. The van der Waals surface area contributed by atoms with Gasteiger partial charge in [0, 0.05) is 57.1 Å². The van der Waals surface area contributed by atoms with Gasteiger partial charge in [-0.15, -0.1) is 0 Å². The topological polar surface area (TPSA) is 79.2 Å². The molecule has 0 saturated carbocycles. The van der Waals surface area contributed by atoms with Crippen molar-refractivity contribution in [2.45, 2.75) is 25.4 Å². The number of hydrogen-bond donors (Lipinski definition) is 0. The van der Waals surface area contributed by atoms with Crippen molar-refractivity contribution in [3.8, 4) is 5.75 Å². The molecule has 3 aromatic carbocycles. The van der Waals surface area contributed by atoms with Gasteiger partial charge in [-0.25, -0.2) is 0 Å². The Balaban J connectivity index is 1.23. The highest BCUT2D eigenvalue weighted by molar-refractivity contribution is 5.82. The van der Waals surface area contributed by atoms with Crippen LogP contribution in [-0.4, -0.2) is 66.0 Å². The van der Waals surface area contributed by atoms with Gasteiger partial charge in [0.25, 0.3) is 5.69 Å². The van der Waals surface area contributed by atoms with E-state index in [2.05, 4.69) is 28.0 Å². The minimum atomic E-state index is -0.352. The third kappa shape index (κ3) is 4.84. The van der Waals surface area contributed by atoms with Crippen LogP contribution in [0.1, 0.15) is 16.7 Å². The van der Waals surface area contributed by atoms with Crippen LogP contribution in [0, 0.1) is 16.0 Å². The van der Waals surface area contributed by atoms with Crippen molar-refractivity contribution in [1.29, 1.82) is 0 Å². The molecule has 3 aliphatic rings. The minimum absolute atomic E-state index is 0.0131. The molecule has 2 unspecified atom stereocenters. The molecule has 8 heteroatoms. The number of anilines is 1. The van der Waals surface area contributed by atoms with Crippen LogP contribution in [0.2, 0.25) is 0 Å². The number of nitrogens with zero attached hydrogens (tertiary/aromatic N) is 4. The van der Waals surface area contributed by atoms with Crippen molar-refractivity contribution in [2.24, 2.45) is 5.92 Å². The summed E-state index contributed by atoms with van der Waals surface area (Å²) in [5, 5.41) is 11.5. The van der Waals surface area contributed by atoms with E-state index < -0.39 is 0 Å². The molecule has 2 atom stereocenters. The molecular weight excluding hydrogens is 480 g/mol. The second kappa shape index (κ2) is 10.5. The Morgan fingerprint density at radius 1 is 0.947 bits per heavy atom. The first-order valence-electron chi connectivity index (χ1n) is 13.4. The first-order chi connectivity index (χ1) is 18.6. The zero-order valence-electron chi connectivity index (χ0n) is 21.4. The van der Waals surface area contributed by atoms with E-state index >= 15 is 0 Å². The van der Waals surface area contributed by atoms with Crippen LogP contribution in [-0.2, 0) is 24.2 Å². The van der Waals surface area contributed by atoms with Crippen LogP contribution < -0.4 is 9.64 Å². The summed E-state index contributed by atoms with van der Waals surface area (Å²) in [4.78, 5) is 31.9. The van der Waals surface area contributed by atoms with Gasteiger partial charge in [-0.3, -0.25) is 19.8 Å². The van der Waals surface area contributed by atoms with E-state index in [0.29, 0.717) is 26.1 Å². The maximum atomic E-state index is 14.1. The van der Waals surface area contributed by atoms with E-state index in [4.69, 9.17) is 4.74 Å². The summed E-state index contributed by atoms with van der Waals surface area (Å²) >= 11 is 0. The number of piperazine rings is 1. The molecule has 0 N–H and O–H groups in total. The molecule has 3 heterocycles. The van der Waals surface area contributed by atoms with Gasteiger partial charge in [0.1, 0.15) is 12.4 Å². The van der Waals surface area contributed by atoms with Crippen LogP contribution in [0.15, 0.2) is 72.8 Å². The van der Waals surface area contributed by atoms with Crippen LogP contribution in [0.5, 0.6) is 5.75 Å². The molecule has 3 aromatic rings. The van der Waals surface area contributed by atoms with E-state index in [1.165, 1.54) is 11.1 Å². The first kappa shape index (κ1) is 24.4. The highest BCUT2D eigenvalue weighted by atomic mass is 16.6. The Hall–Kier alpha value is -3.91. The number of para-hydroxylation sites is 1. The molecular formula is C30H32N4O4. The van der Waals surface area contributed by atoms with Crippen molar-refractivity contribution in [2.75, 3.05) is 44.2 Å². The van der Waals surface area contributed by atoms with E-state index in [-0.39, 0.29) is 28.5 Å². The number of rotatable bonds is 6. The lowest BCUT2D eigenvalue weighted by Crippen LogP contribution is -2.61. The number of hydrogen-bond acceptors (Lipinski definition) is 6. The van der Waals surface area contributed by atoms with Crippen LogP contribution in [0.25, 0.3) is 0 Å². The Bertz CT molecular complexity index is 1330. The lowest BCUT2D eigenvalue weighted by atomic mass is 9.82. The number of carbonyl (C=O) groups is 1. The normalized spacial score (nSPS) is 20.7. The number of amides is 1. The van der Waals surface area contributed by atoms with Crippen molar-refractivity contribution >= 4 is 17.3 Å². The molecule has 1 saturated heterocycles. The fraction of sp³-hybridized carbons (Fsp3) is 0.367. The number of carbonyl (C=O) groups excluding carboxylic acids is 1. The number of nitro benzene ring substituents is 1. The van der Waals surface area contributed by atoms with Gasteiger partial charge in [0.2, 0.25) is 5.91 Å². The molecule has 3 aliphatic heterocycles. The zero-order valence-corrected chi connectivity index (χ0v) is 21.4. The molecule has 0 spiro atoms. The Labute approximate surface area is 222 Å². The smallest absolute Gasteiger partial charge is 0.269 e. The number of fused-ring (bicyclic) bond motifs is 4. The molecule has 1 fully saturated rings. The first-order valence-corrected chi connectivity index (χ1v) is 13.4. The van der Waals surface area contributed by atoms with Crippen molar-refractivity contribution in [1.82, 2.24) is 9.80 Å². The summed E-state index contributed by atoms with van der Waals surface area (Å²) in [5.74, 6) is 0.749. The van der Waals surface area contributed by atoms with Gasteiger partial charge in [-0.05, 0) is 47.7 Å². The average molecular weight is 513 g/mol. The highest BCUT2D eigenvalue weighted by Gasteiger charge is 2.43. The minimum Gasteiger partial charge on any atom is -0.492 e. The van der Waals surface area contributed by atoms with Gasteiger partial charge in [-0.2, -0.15) is 0 Å². The van der Waals surface area contributed by atoms with E-state index in [0.717, 1.165) is 49.6 Å². The molecule has 0 bridgehead atoms. The number of ether oxygens (including phenoxy) is 1. The number of nitro groups is 1. The average Bonchev–Trinajstić information content (AvgIpc) is 2.96. The van der Waals surface area contributed by atoms with Gasteiger partial charge in [0.05, 0.1) is 16.9 Å². The SMILES string of the molecule is O=C(C1Cc2cc([N+](=O)[O-])ccc2N2CCN(CCOc3ccccc3)CC12)N1CCc2ccccc2C1. The van der Waals surface area contributed by atoms with Crippen LogP contribution in [0.3, 0.4) is 0 Å². The summed E-state index contributed by atoms with van der Waals surface area (Å²) < 4.78 is 5.95. The van der Waals surface area contributed by atoms with Crippen molar-refractivity contribution < 1.29 is 14.5 Å². The summed E-state index contributed by atoms with van der Waals surface area (Å²) in [5.41, 5.74) is 4.52. The molecule has 0 radical (unpaired) electrons. The van der Waals surface area contributed by atoms with Crippen LogP contribution >= 0.6 is 0 Å². The van der Waals surface area contributed by atoms with Gasteiger partial charge in [0.15, 0.2) is 0 Å². The second-order valence-corrected chi connectivity index (χ2v) is 10.4. The molecule has 8 nitrogen and oxygen atoms in total. The lowest BCUT2D eigenvalue weighted by Gasteiger charge is -2.50. The predicted octanol–water partition coefficient (Wildman–Crippen LogP) is 3.92. The molecule has 0 aromatic heterocycles. The van der Waals surface area contributed by atoms with Gasteiger partial charge < -0.3 is 14.5 Å². The third-order valence-corrected chi connectivity index (χ3v) is 8.17. The Kier molecular flexibility index (Phi) is 6.72. The van der Waals surface area contributed by atoms with Crippen molar-refractivity contribution in [3.05, 3.63) is 99.6 Å². The maximum Gasteiger partial charge on any atom is 0.269 e. The third-order valence-electron chi connectivity index (χ3n) is 8.17. The molecule has 38 heavy (non-hydrogen) atoms. The van der Waals surface area contributed by atoms with Crippen LogP contribution in [0.4, 0.5) is 11.4 Å². The standard InChI is InChI=1S/C30H32N4O4/c35-30(32-13-12-22-6-4-5-7-23(22)20-32)27-19-24-18-25(34(36)37)10-11-28(24)33-15-14-31(21-29(27)33)16-17-38-26-8-2-1-3-9-26/h1-11,18,27,29H,12-17,19-21H2. The molecule has 6 rings (SSSR count). The summed E-state index contributed by atoms with van der Waals surface area (Å²) in [6, 6.07) is 23.3. The van der Waals surface area contributed by atoms with E-state index in [9.17, 15) is 14.9 Å². The summed E-state index contributed by atoms with van der Waals surface area (Å²) in [7, 11) is 0. The Morgan fingerprint density at radius 2 is 1.74 bits per heavy atom. The van der Waals surface area contributed by atoms with Gasteiger partial charge >= 0.3 is 0 Å². The quantitative estimate of drug-likeness (QED) is 0.368. The maximum absolute atomic E-state index is 14.1. The molecule has 1 amide bonds. The second-order valence-electron chi connectivity index (χ2n) is 10.4. The lowest BCUT2D eigenvalue weighted by molar-refractivity contribution is -0.384. The fourth-order valence-corrected chi connectivity index (χ4v) is 6.20. The molecule has 0 aliphatic carbocycles. The summed E-state index contributed by atoms with van der Waals surface area (Å²) in [6.07, 6.45) is 1.37. The Morgan fingerprint density at radius 3 is 2.55 bits per heavy atom. The highest BCUT2D eigenvalue weighted by Crippen LogP contribution is 2.39. The number of benzene rings is 3. The van der Waals surface area contributed by atoms with E-state index in [1.54, 1.807) is 12.1 Å². The van der Waals surface area contributed by atoms with Gasteiger partial charge in [-0.1, -0.05) is 42.5 Å². The predicted molar refractivity (Wildman–Crippen MR) is 145 cm³/mol. The number of non-ortho nitro benzene ring substituents is 1.